The van der Waals surface area contributed by atoms with Crippen LogP contribution in [0.3, 0.4) is 0 Å². The van der Waals surface area contributed by atoms with Gasteiger partial charge in [-0.3, -0.25) is 9.78 Å². The third-order valence-corrected chi connectivity index (χ3v) is 2.87. The number of aromatic nitrogens is 1. The van der Waals surface area contributed by atoms with E-state index < -0.39 is 0 Å². The highest BCUT2D eigenvalue weighted by Gasteiger charge is 2.06. The normalized spacial score (nSPS) is 10.9. The first-order chi connectivity index (χ1) is 10.7. The number of rotatable bonds is 6. The van der Waals surface area contributed by atoms with Crippen molar-refractivity contribution in [2.24, 2.45) is 5.10 Å². The molecule has 0 radical (unpaired) electrons. The molecule has 0 spiro atoms. The van der Waals surface area contributed by atoms with E-state index in [4.69, 9.17) is 9.47 Å². The van der Waals surface area contributed by atoms with Gasteiger partial charge < -0.3 is 9.47 Å². The van der Waals surface area contributed by atoms with Gasteiger partial charge in [-0.2, -0.15) is 5.10 Å². The Bertz CT molecular complexity index is 657. The summed E-state index contributed by atoms with van der Waals surface area (Å²) in [6.45, 7) is 1.66. The molecule has 1 amide bonds. The van der Waals surface area contributed by atoms with Crippen molar-refractivity contribution in [1.29, 1.82) is 0 Å². The second-order valence-corrected chi connectivity index (χ2v) is 4.41. The van der Waals surface area contributed by atoms with Crippen LogP contribution in [0.1, 0.15) is 12.5 Å². The highest BCUT2D eigenvalue weighted by atomic mass is 16.5. The maximum Gasteiger partial charge on any atom is 0.277 e. The Kier molecular flexibility index (Phi) is 5.48. The van der Waals surface area contributed by atoms with Crippen LogP contribution in [0.5, 0.6) is 11.5 Å². The molecule has 0 fully saturated rings. The van der Waals surface area contributed by atoms with E-state index in [0.29, 0.717) is 17.2 Å². The Morgan fingerprint density at radius 1 is 1.18 bits per heavy atom. The van der Waals surface area contributed by atoms with Crippen LogP contribution >= 0.6 is 0 Å². The molecule has 0 unspecified atom stereocenters. The van der Waals surface area contributed by atoms with E-state index in [9.17, 15) is 4.79 Å². The molecule has 0 atom stereocenters. The summed E-state index contributed by atoms with van der Waals surface area (Å²) in [6, 6.07) is 10.8. The van der Waals surface area contributed by atoms with Crippen molar-refractivity contribution in [2.75, 3.05) is 13.7 Å². The number of hydrogen-bond donors (Lipinski definition) is 1. The quantitative estimate of drug-likeness (QED) is 0.654. The van der Waals surface area contributed by atoms with E-state index >= 15 is 0 Å². The minimum absolute atomic E-state index is 0.145. The fraction of sp³-hybridized carbons (Fsp3) is 0.188. The first kappa shape index (κ1) is 15.5. The monoisotopic (exact) mass is 299 g/mol. The Morgan fingerprint density at radius 3 is 2.55 bits per heavy atom. The SMILES string of the molecule is COc1ccccc1OCC(=O)N/N=C(/C)c1ccncc1. The summed E-state index contributed by atoms with van der Waals surface area (Å²) in [6.07, 6.45) is 3.34. The molecule has 0 aliphatic heterocycles. The Hall–Kier alpha value is -2.89. The highest BCUT2D eigenvalue weighted by Crippen LogP contribution is 2.25. The van der Waals surface area contributed by atoms with Gasteiger partial charge in [0.05, 0.1) is 12.8 Å². The number of pyridine rings is 1. The van der Waals surface area contributed by atoms with Crippen molar-refractivity contribution < 1.29 is 14.3 Å². The van der Waals surface area contributed by atoms with Crippen molar-refractivity contribution in [3.05, 3.63) is 54.4 Å². The molecule has 2 rings (SSSR count). The fourth-order valence-electron chi connectivity index (χ4n) is 1.72. The molecule has 2 aromatic rings. The number of nitrogens with zero attached hydrogens (tertiary/aromatic N) is 2. The van der Waals surface area contributed by atoms with Crippen LogP contribution in [0.2, 0.25) is 0 Å². The van der Waals surface area contributed by atoms with Gasteiger partial charge in [0.25, 0.3) is 5.91 Å². The van der Waals surface area contributed by atoms with Gasteiger partial charge >= 0.3 is 0 Å². The van der Waals surface area contributed by atoms with Crippen molar-refractivity contribution in [2.45, 2.75) is 6.92 Å². The van der Waals surface area contributed by atoms with Crippen molar-refractivity contribution >= 4 is 11.6 Å². The van der Waals surface area contributed by atoms with E-state index in [2.05, 4.69) is 15.5 Å². The maximum atomic E-state index is 11.8. The van der Waals surface area contributed by atoms with E-state index in [0.717, 1.165) is 5.56 Å². The first-order valence-electron chi connectivity index (χ1n) is 6.70. The molecule has 114 valence electrons. The predicted molar refractivity (Wildman–Crippen MR) is 83.1 cm³/mol. The Labute approximate surface area is 128 Å². The lowest BCUT2D eigenvalue weighted by Gasteiger charge is -2.09. The third-order valence-electron chi connectivity index (χ3n) is 2.87. The summed E-state index contributed by atoms with van der Waals surface area (Å²) in [5.41, 5.74) is 4.03. The number of nitrogens with one attached hydrogen (secondary N) is 1. The molecule has 0 bridgehead atoms. The summed E-state index contributed by atoms with van der Waals surface area (Å²) in [7, 11) is 1.55. The molecule has 1 aromatic carbocycles. The lowest BCUT2D eigenvalue weighted by molar-refractivity contribution is -0.123. The van der Waals surface area contributed by atoms with Crippen LogP contribution in [0.25, 0.3) is 0 Å². The molecule has 1 N–H and O–H groups in total. The van der Waals surface area contributed by atoms with E-state index in [1.165, 1.54) is 0 Å². The lowest BCUT2D eigenvalue weighted by atomic mass is 10.2. The summed E-state index contributed by atoms with van der Waals surface area (Å²) in [5.74, 6) is 0.737. The molecule has 6 heteroatoms. The molecule has 0 aliphatic rings. The van der Waals surface area contributed by atoms with Gasteiger partial charge in [0.2, 0.25) is 0 Å². The second kappa shape index (κ2) is 7.78. The fourth-order valence-corrected chi connectivity index (χ4v) is 1.72. The lowest BCUT2D eigenvalue weighted by Crippen LogP contribution is -2.25. The Morgan fingerprint density at radius 2 is 1.86 bits per heavy atom. The van der Waals surface area contributed by atoms with Crippen LogP contribution < -0.4 is 14.9 Å². The first-order valence-corrected chi connectivity index (χ1v) is 6.70. The highest BCUT2D eigenvalue weighted by molar-refractivity contribution is 5.99. The third kappa shape index (κ3) is 4.31. The zero-order valence-electron chi connectivity index (χ0n) is 12.4. The number of hydrazone groups is 1. The Balaban J connectivity index is 1.88. The average Bonchev–Trinajstić information content (AvgIpc) is 2.58. The standard InChI is InChI=1S/C16H17N3O3/c1-12(13-7-9-17-10-8-13)18-19-16(20)11-22-15-6-4-3-5-14(15)21-2/h3-10H,11H2,1-2H3,(H,19,20)/b18-12-. The van der Waals surface area contributed by atoms with Gasteiger partial charge in [-0.1, -0.05) is 12.1 Å². The maximum absolute atomic E-state index is 11.8. The van der Waals surface area contributed by atoms with Gasteiger partial charge in [-0.25, -0.2) is 5.43 Å². The van der Waals surface area contributed by atoms with Gasteiger partial charge in [-0.05, 0) is 31.2 Å². The number of amides is 1. The topological polar surface area (TPSA) is 72.8 Å². The van der Waals surface area contributed by atoms with Crippen molar-refractivity contribution in [3.63, 3.8) is 0 Å². The van der Waals surface area contributed by atoms with E-state index in [1.54, 1.807) is 38.6 Å². The number of ether oxygens (including phenoxy) is 2. The van der Waals surface area contributed by atoms with Crippen molar-refractivity contribution in [1.82, 2.24) is 10.4 Å². The van der Waals surface area contributed by atoms with E-state index in [-0.39, 0.29) is 12.5 Å². The van der Waals surface area contributed by atoms with Gasteiger partial charge in [0.15, 0.2) is 18.1 Å². The summed E-state index contributed by atoms with van der Waals surface area (Å²) >= 11 is 0. The molecule has 22 heavy (non-hydrogen) atoms. The number of carbonyl (C=O) groups is 1. The number of benzene rings is 1. The summed E-state index contributed by atoms with van der Waals surface area (Å²) in [4.78, 5) is 15.7. The van der Waals surface area contributed by atoms with E-state index in [1.807, 2.05) is 24.3 Å². The van der Waals surface area contributed by atoms with Gasteiger partial charge in [0.1, 0.15) is 0 Å². The summed E-state index contributed by atoms with van der Waals surface area (Å²) in [5, 5.41) is 4.03. The molecule has 0 aliphatic carbocycles. The smallest absolute Gasteiger partial charge is 0.277 e. The minimum atomic E-state index is -0.348. The number of para-hydroxylation sites is 2. The zero-order chi connectivity index (χ0) is 15.8. The van der Waals surface area contributed by atoms with Crippen LogP contribution in [0.4, 0.5) is 0 Å². The molecular formula is C16H17N3O3. The number of methoxy groups -OCH3 is 1. The van der Waals surface area contributed by atoms with Crippen LogP contribution in [-0.4, -0.2) is 30.3 Å². The largest absolute Gasteiger partial charge is 0.493 e. The molecular weight excluding hydrogens is 282 g/mol. The molecule has 1 heterocycles. The summed E-state index contributed by atoms with van der Waals surface area (Å²) < 4.78 is 10.6. The average molecular weight is 299 g/mol. The van der Waals surface area contributed by atoms with Crippen molar-refractivity contribution in [3.8, 4) is 11.5 Å². The molecule has 1 aromatic heterocycles. The number of hydrogen-bond acceptors (Lipinski definition) is 5. The van der Waals surface area contributed by atoms with Crippen LogP contribution in [0.15, 0.2) is 53.9 Å². The molecule has 6 nitrogen and oxygen atoms in total. The van der Waals surface area contributed by atoms with Gasteiger partial charge in [0, 0.05) is 18.0 Å². The molecule has 0 saturated heterocycles. The van der Waals surface area contributed by atoms with Crippen LogP contribution in [0, 0.1) is 0 Å². The minimum Gasteiger partial charge on any atom is -0.493 e. The van der Waals surface area contributed by atoms with Crippen LogP contribution in [-0.2, 0) is 4.79 Å². The number of carbonyl (C=O) groups excluding carboxylic acids is 1. The predicted octanol–water partition coefficient (Wildman–Crippen LogP) is 2.01. The van der Waals surface area contributed by atoms with Gasteiger partial charge in [-0.15, -0.1) is 0 Å². The second-order valence-electron chi connectivity index (χ2n) is 4.41. The zero-order valence-corrected chi connectivity index (χ0v) is 12.4. The molecule has 0 saturated carbocycles.